The van der Waals surface area contributed by atoms with Gasteiger partial charge in [-0.05, 0) is 32.3 Å². The van der Waals surface area contributed by atoms with E-state index in [1.165, 1.54) is 6.92 Å². The number of halogens is 1. The van der Waals surface area contributed by atoms with Crippen LogP contribution in [-0.4, -0.2) is 23.0 Å². The summed E-state index contributed by atoms with van der Waals surface area (Å²) in [7, 11) is 0. The van der Waals surface area contributed by atoms with Crippen LogP contribution in [0.4, 0.5) is 0 Å². The lowest BCUT2D eigenvalue weighted by Crippen LogP contribution is -2.41. The fourth-order valence-electron chi connectivity index (χ4n) is 2.10. The Hall–Kier alpha value is -1.88. The fraction of sp³-hybridized carbons (Fsp3) is 0.200. The largest absolute Gasteiger partial charge is 0.480 e. The van der Waals surface area contributed by atoms with Crippen LogP contribution >= 0.6 is 15.9 Å². The van der Waals surface area contributed by atoms with E-state index in [0.29, 0.717) is 0 Å². The molecule has 2 aromatic rings. The second kappa shape index (κ2) is 6.05. The van der Waals surface area contributed by atoms with Crippen molar-refractivity contribution in [3.8, 4) is 0 Å². The highest BCUT2D eigenvalue weighted by Crippen LogP contribution is 2.28. The van der Waals surface area contributed by atoms with Gasteiger partial charge in [0.25, 0.3) is 0 Å². The Morgan fingerprint density at radius 1 is 1.25 bits per heavy atom. The minimum Gasteiger partial charge on any atom is -0.480 e. The summed E-state index contributed by atoms with van der Waals surface area (Å²) in [6, 6.07) is 10.7. The molecule has 0 saturated carbocycles. The molecule has 0 aliphatic rings. The van der Waals surface area contributed by atoms with Crippen molar-refractivity contribution in [1.82, 2.24) is 5.32 Å². The number of rotatable bonds is 4. The maximum Gasteiger partial charge on any atom is 0.326 e. The molecule has 0 aromatic heterocycles. The first-order valence-corrected chi connectivity index (χ1v) is 6.94. The first-order valence-electron chi connectivity index (χ1n) is 6.15. The van der Waals surface area contributed by atoms with Crippen LogP contribution in [0.15, 0.2) is 40.9 Å². The number of aliphatic carboxylic acids is 1. The molecule has 104 valence electrons. The zero-order chi connectivity index (χ0) is 14.7. The summed E-state index contributed by atoms with van der Waals surface area (Å²) >= 11 is 3.52. The van der Waals surface area contributed by atoms with Gasteiger partial charge >= 0.3 is 5.97 Å². The van der Waals surface area contributed by atoms with Gasteiger partial charge in [0.1, 0.15) is 6.04 Å². The minimum absolute atomic E-state index is 0.236. The van der Waals surface area contributed by atoms with Gasteiger partial charge in [0.05, 0.1) is 0 Å². The van der Waals surface area contributed by atoms with Gasteiger partial charge in [0, 0.05) is 17.8 Å². The van der Waals surface area contributed by atoms with E-state index >= 15 is 0 Å². The van der Waals surface area contributed by atoms with Gasteiger partial charge in [0.2, 0.25) is 5.91 Å². The van der Waals surface area contributed by atoms with E-state index in [4.69, 9.17) is 5.11 Å². The van der Waals surface area contributed by atoms with Crippen LogP contribution in [0.3, 0.4) is 0 Å². The van der Waals surface area contributed by atoms with Gasteiger partial charge in [0.15, 0.2) is 0 Å². The second-order valence-electron chi connectivity index (χ2n) is 4.56. The summed E-state index contributed by atoms with van der Waals surface area (Å²) in [6.07, 6.45) is 0.236. The van der Waals surface area contributed by atoms with E-state index in [-0.39, 0.29) is 12.3 Å². The zero-order valence-corrected chi connectivity index (χ0v) is 12.5. The highest BCUT2D eigenvalue weighted by Gasteiger charge is 2.20. The van der Waals surface area contributed by atoms with Gasteiger partial charge < -0.3 is 10.4 Å². The molecule has 0 radical (unpaired) electrons. The van der Waals surface area contributed by atoms with Crippen molar-refractivity contribution in [1.29, 1.82) is 0 Å². The SMILES string of the molecule is CC(=O)N[C@H](Cc1ccc2ccccc2c1Br)C(=O)O. The Morgan fingerprint density at radius 2 is 1.95 bits per heavy atom. The third-order valence-electron chi connectivity index (χ3n) is 3.04. The Morgan fingerprint density at radius 3 is 2.60 bits per heavy atom. The lowest BCUT2D eigenvalue weighted by atomic mass is 10.0. The summed E-state index contributed by atoms with van der Waals surface area (Å²) in [6.45, 7) is 1.31. The average molecular weight is 336 g/mol. The minimum atomic E-state index is -1.04. The molecule has 20 heavy (non-hydrogen) atoms. The normalized spacial score (nSPS) is 12.1. The quantitative estimate of drug-likeness (QED) is 0.902. The molecule has 1 atom stereocenters. The number of amides is 1. The Kier molecular flexibility index (Phi) is 4.39. The van der Waals surface area contributed by atoms with Crippen LogP contribution in [0.5, 0.6) is 0 Å². The van der Waals surface area contributed by atoms with Crippen LogP contribution in [0.2, 0.25) is 0 Å². The summed E-state index contributed by atoms with van der Waals surface area (Å²) in [4.78, 5) is 22.2. The van der Waals surface area contributed by atoms with Crippen molar-refractivity contribution >= 4 is 38.6 Å². The molecule has 0 saturated heterocycles. The van der Waals surface area contributed by atoms with Crippen molar-refractivity contribution in [2.45, 2.75) is 19.4 Å². The van der Waals surface area contributed by atoms with Crippen LogP contribution in [0, 0.1) is 0 Å². The molecule has 0 aliphatic carbocycles. The number of nitrogens with one attached hydrogen (secondary N) is 1. The summed E-state index contributed by atoms with van der Waals surface area (Å²) in [5.74, 6) is -1.39. The van der Waals surface area contributed by atoms with Gasteiger partial charge in [-0.15, -0.1) is 0 Å². The molecule has 0 aliphatic heterocycles. The number of fused-ring (bicyclic) bond motifs is 1. The number of carboxylic acids is 1. The zero-order valence-electron chi connectivity index (χ0n) is 10.9. The first-order chi connectivity index (χ1) is 9.49. The van der Waals surface area contributed by atoms with Gasteiger partial charge in [-0.1, -0.05) is 36.4 Å². The standard InChI is InChI=1S/C15H14BrNO3/c1-9(18)17-13(15(19)20)8-11-7-6-10-4-2-3-5-12(10)14(11)16/h2-7,13H,8H2,1H3,(H,17,18)(H,19,20)/t13-/m1/s1. The molecule has 1 amide bonds. The molecular weight excluding hydrogens is 322 g/mol. The maximum atomic E-state index is 11.2. The third-order valence-corrected chi connectivity index (χ3v) is 3.98. The van der Waals surface area contributed by atoms with Crippen LogP contribution in [-0.2, 0) is 16.0 Å². The Bertz CT molecular complexity index is 669. The van der Waals surface area contributed by atoms with Gasteiger partial charge in [-0.3, -0.25) is 4.79 Å². The molecule has 0 fully saturated rings. The van der Waals surface area contributed by atoms with Crippen molar-refractivity contribution in [2.75, 3.05) is 0 Å². The van der Waals surface area contributed by atoms with Crippen molar-refractivity contribution in [3.63, 3.8) is 0 Å². The van der Waals surface area contributed by atoms with Crippen LogP contribution in [0.1, 0.15) is 12.5 Å². The fourth-order valence-corrected chi connectivity index (χ4v) is 2.76. The molecule has 2 aromatic carbocycles. The summed E-state index contributed by atoms with van der Waals surface area (Å²) < 4.78 is 0.868. The van der Waals surface area contributed by atoms with Gasteiger partial charge in [-0.25, -0.2) is 4.79 Å². The second-order valence-corrected chi connectivity index (χ2v) is 5.35. The number of benzene rings is 2. The highest BCUT2D eigenvalue weighted by atomic mass is 79.9. The Labute approximate surface area is 124 Å². The molecule has 2 rings (SSSR count). The molecule has 0 spiro atoms. The average Bonchev–Trinajstić information content (AvgIpc) is 2.40. The van der Waals surface area contributed by atoms with Crippen molar-refractivity contribution in [3.05, 3.63) is 46.4 Å². The van der Waals surface area contributed by atoms with E-state index in [0.717, 1.165) is 20.8 Å². The molecule has 2 N–H and O–H groups in total. The van der Waals surface area contributed by atoms with Gasteiger partial charge in [-0.2, -0.15) is 0 Å². The number of carbonyl (C=O) groups excluding carboxylic acids is 1. The maximum absolute atomic E-state index is 11.2. The number of hydrogen-bond donors (Lipinski definition) is 2. The number of carbonyl (C=O) groups is 2. The lowest BCUT2D eigenvalue weighted by Gasteiger charge is -2.15. The van der Waals surface area contributed by atoms with Crippen molar-refractivity contribution in [2.24, 2.45) is 0 Å². The number of hydrogen-bond acceptors (Lipinski definition) is 2. The molecular formula is C15H14BrNO3. The highest BCUT2D eigenvalue weighted by molar-refractivity contribution is 9.10. The van der Waals surface area contributed by atoms with E-state index < -0.39 is 12.0 Å². The van der Waals surface area contributed by atoms with E-state index in [1.807, 2.05) is 36.4 Å². The first kappa shape index (κ1) is 14.5. The molecule has 4 nitrogen and oxygen atoms in total. The monoisotopic (exact) mass is 335 g/mol. The molecule has 0 bridgehead atoms. The summed E-state index contributed by atoms with van der Waals surface area (Å²) in [5, 5.41) is 13.7. The predicted molar refractivity (Wildman–Crippen MR) is 80.6 cm³/mol. The molecule has 5 heteroatoms. The Balaban J connectivity index is 2.35. The van der Waals surface area contributed by atoms with Crippen molar-refractivity contribution < 1.29 is 14.7 Å². The van der Waals surface area contributed by atoms with Crippen LogP contribution < -0.4 is 5.32 Å². The number of carboxylic acid groups (broad SMARTS) is 1. The van der Waals surface area contributed by atoms with E-state index in [1.54, 1.807) is 0 Å². The van der Waals surface area contributed by atoms with Crippen LogP contribution in [0.25, 0.3) is 10.8 Å². The third kappa shape index (κ3) is 3.17. The topological polar surface area (TPSA) is 66.4 Å². The summed E-state index contributed by atoms with van der Waals surface area (Å²) in [5.41, 5.74) is 0.852. The smallest absolute Gasteiger partial charge is 0.326 e. The van der Waals surface area contributed by atoms with E-state index in [2.05, 4.69) is 21.2 Å². The molecule has 0 heterocycles. The lowest BCUT2D eigenvalue weighted by molar-refractivity contribution is -0.141. The molecule has 0 unspecified atom stereocenters. The predicted octanol–water partition coefficient (Wildman–Crippen LogP) is 2.73. The van der Waals surface area contributed by atoms with E-state index in [9.17, 15) is 9.59 Å².